The number of nitrogens with zero attached hydrogens (tertiary/aromatic N) is 2. The van der Waals surface area contributed by atoms with Gasteiger partial charge in [0, 0.05) is 5.56 Å². The van der Waals surface area contributed by atoms with Gasteiger partial charge in [0.2, 0.25) is 0 Å². The third kappa shape index (κ3) is 3.27. The Kier molecular flexibility index (Phi) is 4.34. The number of hydrogen-bond acceptors (Lipinski definition) is 2. The van der Waals surface area contributed by atoms with E-state index in [-0.39, 0.29) is 11.4 Å². The minimum Gasteiger partial charge on any atom is -0.268 e. The maximum Gasteiger partial charge on any atom is 0.266 e. The van der Waals surface area contributed by atoms with Crippen LogP contribution < -0.4 is 5.56 Å². The van der Waals surface area contributed by atoms with Crippen molar-refractivity contribution in [3.63, 3.8) is 0 Å². The van der Waals surface area contributed by atoms with E-state index in [4.69, 9.17) is 0 Å². The van der Waals surface area contributed by atoms with Crippen molar-refractivity contribution in [2.75, 3.05) is 0 Å². The van der Waals surface area contributed by atoms with E-state index in [1.807, 2.05) is 0 Å². The second-order valence-corrected chi connectivity index (χ2v) is 5.96. The quantitative estimate of drug-likeness (QED) is 0.524. The van der Waals surface area contributed by atoms with E-state index < -0.39 is 5.82 Å². The number of rotatable bonds is 3. The van der Waals surface area contributed by atoms with Crippen LogP contribution >= 0.6 is 0 Å². The lowest BCUT2D eigenvalue weighted by molar-refractivity contribution is 0.625. The second-order valence-electron chi connectivity index (χ2n) is 5.96. The summed E-state index contributed by atoms with van der Waals surface area (Å²) in [6.07, 6.45) is 3.14. The molecule has 3 nitrogen and oxygen atoms in total. The van der Waals surface area contributed by atoms with Crippen LogP contribution in [0.15, 0.2) is 77.6 Å². The van der Waals surface area contributed by atoms with Crippen molar-refractivity contribution in [3.8, 4) is 5.69 Å². The smallest absolute Gasteiger partial charge is 0.266 e. The van der Waals surface area contributed by atoms with Crippen LogP contribution in [0.4, 0.5) is 8.78 Å². The molecule has 1 aromatic heterocycles. The van der Waals surface area contributed by atoms with Crippen LogP contribution in [0.2, 0.25) is 0 Å². The highest BCUT2D eigenvalue weighted by Gasteiger charge is 2.11. The molecule has 132 valence electrons. The minimum absolute atomic E-state index is 0.277. The first-order valence-corrected chi connectivity index (χ1v) is 8.34. The highest BCUT2D eigenvalue weighted by molar-refractivity contribution is 5.80. The number of halogens is 2. The molecule has 0 bridgehead atoms. The number of hydrogen-bond donors (Lipinski definition) is 0. The van der Waals surface area contributed by atoms with Gasteiger partial charge in [-0.2, -0.15) is 0 Å². The maximum atomic E-state index is 13.9. The molecule has 0 atom stereocenters. The van der Waals surface area contributed by atoms with Gasteiger partial charge >= 0.3 is 0 Å². The Balaban J connectivity index is 1.95. The Morgan fingerprint density at radius 3 is 2.30 bits per heavy atom. The zero-order valence-corrected chi connectivity index (χ0v) is 14.1. The molecule has 0 fully saturated rings. The SMILES string of the molecule is O=c1c2ccccc2nc(/C=C\c2ccccc2F)n1-c1ccc(F)cc1. The molecular formula is C22H14F2N2O. The fourth-order valence-corrected chi connectivity index (χ4v) is 2.88. The van der Waals surface area contributed by atoms with E-state index in [1.54, 1.807) is 54.6 Å². The second kappa shape index (κ2) is 6.96. The van der Waals surface area contributed by atoms with Crippen molar-refractivity contribution in [2.24, 2.45) is 0 Å². The van der Waals surface area contributed by atoms with E-state index in [1.165, 1.54) is 34.9 Å². The van der Waals surface area contributed by atoms with Crippen LogP contribution in [-0.2, 0) is 0 Å². The van der Waals surface area contributed by atoms with E-state index in [0.29, 0.717) is 28.0 Å². The average Bonchev–Trinajstić information content (AvgIpc) is 2.69. The van der Waals surface area contributed by atoms with Crippen molar-refractivity contribution >= 4 is 23.1 Å². The summed E-state index contributed by atoms with van der Waals surface area (Å²) in [5.74, 6) is -0.442. The third-order valence-electron chi connectivity index (χ3n) is 4.20. The van der Waals surface area contributed by atoms with Gasteiger partial charge in [-0.25, -0.2) is 13.8 Å². The average molecular weight is 360 g/mol. The molecule has 0 spiro atoms. The summed E-state index contributed by atoms with van der Waals surface area (Å²) in [4.78, 5) is 17.6. The lowest BCUT2D eigenvalue weighted by Gasteiger charge is -2.11. The summed E-state index contributed by atoms with van der Waals surface area (Å²) in [6, 6.07) is 18.9. The Hall–Kier alpha value is -3.60. The van der Waals surface area contributed by atoms with Gasteiger partial charge in [0.1, 0.15) is 17.5 Å². The van der Waals surface area contributed by atoms with Gasteiger partial charge in [0.05, 0.1) is 16.6 Å². The van der Waals surface area contributed by atoms with Gasteiger partial charge in [0.25, 0.3) is 5.56 Å². The van der Waals surface area contributed by atoms with Crippen molar-refractivity contribution in [3.05, 3.63) is 106 Å². The normalized spacial score (nSPS) is 11.3. The van der Waals surface area contributed by atoms with Gasteiger partial charge < -0.3 is 0 Å². The lowest BCUT2D eigenvalue weighted by Crippen LogP contribution is -2.22. The number of fused-ring (bicyclic) bond motifs is 1. The molecular weight excluding hydrogens is 346 g/mol. The molecule has 3 aromatic carbocycles. The van der Waals surface area contributed by atoms with Crippen LogP contribution in [0, 0.1) is 11.6 Å². The van der Waals surface area contributed by atoms with E-state index in [2.05, 4.69) is 4.98 Å². The summed E-state index contributed by atoms with van der Waals surface area (Å²) < 4.78 is 28.6. The van der Waals surface area contributed by atoms with Gasteiger partial charge in [0.15, 0.2) is 0 Å². The summed E-state index contributed by atoms with van der Waals surface area (Å²) in [7, 11) is 0. The molecule has 27 heavy (non-hydrogen) atoms. The molecule has 4 rings (SSSR count). The van der Waals surface area contributed by atoms with E-state index in [9.17, 15) is 13.6 Å². The molecule has 0 radical (unpaired) electrons. The van der Waals surface area contributed by atoms with Crippen LogP contribution in [0.3, 0.4) is 0 Å². The van der Waals surface area contributed by atoms with Crippen LogP contribution in [0.1, 0.15) is 11.4 Å². The number of aromatic nitrogens is 2. The standard InChI is InChI=1S/C22H14F2N2O/c23-16-10-12-17(13-11-16)26-21(14-9-15-5-1-3-7-19(15)24)25-20-8-4-2-6-18(20)22(26)27/h1-14H/b14-9-. The molecule has 0 N–H and O–H groups in total. The Morgan fingerprint density at radius 2 is 1.52 bits per heavy atom. The Bertz CT molecular complexity index is 1210. The highest BCUT2D eigenvalue weighted by atomic mass is 19.1. The molecule has 0 aliphatic rings. The fourth-order valence-electron chi connectivity index (χ4n) is 2.88. The lowest BCUT2D eigenvalue weighted by atomic mass is 10.2. The van der Waals surface area contributed by atoms with Crippen LogP contribution in [0.25, 0.3) is 28.7 Å². The van der Waals surface area contributed by atoms with Crippen LogP contribution in [-0.4, -0.2) is 9.55 Å². The Labute approximate surface area is 153 Å². The molecule has 0 saturated heterocycles. The van der Waals surface area contributed by atoms with Crippen molar-refractivity contribution in [2.45, 2.75) is 0 Å². The van der Waals surface area contributed by atoms with Gasteiger partial charge in [-0.3, -0.25) is 9.36 Å². The molecule has 0 amide bonds. The number of benzene rings is 3. The summed E-state index contributed by atoms with van der Waals surface area (Å²) in [6.45, 7) is 0. The molecule has 0 saturated carbocycles. The molecule has 0 aliphatic carbocycles. The number of para-hydroxylation sites is 1. The summed E-state index contributed by atoms with van der Waals surface area (Å²) in [5.41, 5.74) is 1.12. The van der Waals surface area contributed by atoms with Gasteiger partial charge in [-0.15, -0.1) is 0 Å². The minimum atomic E-state index is -0.399. The molecule has 0 aliphatic heterocycles. The predicted octanol–water partition coefficient (Wildman–Crippen LogP) is 4.83. The first kappa shape index (κ1) is 16.8. The monoisotopic (exact) mass is 360 g/mol. The maximum absolute atomic E-state index is 13.9. The Morgan fingerprint density at radius 1 is 0.815 bits per heavy atom. The predicted molar refractivity (Wildman–Crippen MR) is 103 cm³/mol. The van der Waals surface area contributed by atoms with Gasteiger partial charge in [-0.1, -0.05) is 30.3 Å². The summed E-state index contributed by atoms with van der Waals surface area (Å²) in [5, 5.41) is 0.449. The molecule has 5 heteroatoms. The zero-order chi connectivity index (χ0) is 18.8. The molecule has 4 aromatic rings. The third-order valence-corrected chi connectivity index (χ3v) is 4.20. The van der Waals surface area contributed by atoms with Crippen molar-refractivity contribution in [1.29, 1.82) is 0 Å². The zero-order valence-electron chi connectivity index (χ0n) is 14.1. The molecule has 0 unspecified atom stereocenters. The largest absolute Gasteiger partial charge is 0.268 e. The highest BCUT2D eigenvalue weighted by Crippen LogP contribution is 2.16. The summed E-state index contributed by atoms with van der Waals surface area (Å²) >= 11 is 0. The first-order chi connectivity index (χ1) is 13.1. The van der Waals surface area contributed by atoms with Crippen molar-refractivity contribution in [1.82, 2.24) is 9.55 Å². The van der Waals surface area contributed by atoms with E-state index in [0.717, 1.165) is 0 Å². The van der Waals surface area contributed by atoms with E-state index >= 15 is 0 Å². The topological polar surface area (TPSA) is 34.9 Å². The van der Waals surface area contributed by atoms with Gasteiger partial charge in [-0.05, 0) is 54.6 Å². The fraction of sp³-hybridized carbons (Fsp3) is 0. The van der Waals surface area contributed by atoms with Crippen LogP contribution in [0.5, 0.6) is 0 Å². The van der Waals surface area contributed by atoms with Crippen molar-refractivity contribution < 1.29 is 8.78 Å². The first-order valence-electron chi connectivity index (χ1n) is 8.34. The molecule has 1 heterocycles.